The Morgan fingerprint density at radius 1 is 0.979 bits per heavy atom. The van der Waals surface area contributed by atoms with Crippen molar-refractivity contribution in [1.29, 1.82) is 5.26 Å². The number of rotatable bonds is 11. The third-order valence-corrected chi connectivity index (χ3v) is 7.33. The zero-order valence-corrected chi connectivity index (χ0v) is 28.2. The first-order valence-electron chi connectivity index (χ1n) is 15.8. The molecule has 5 aromatic rings. The summed E-state index contributed by atoms with van der Waals surface area (Å²) in [5.41, 5.74) is 6.93. The number of benzene rings is 3. The van der Waals surface area contributed by atoms with Gasteiger partial charge in [0.05, 0.1) is 24.6 Å². The predicted octanol–water partition coefficient (Wildman–Crippen LogP) is 8.07. The van der Waals surface area contributed by atoms with Gasteiger partial charge in [0.1, 0.15) is 0 Å². The average molecular weight is 633 g/mol. The van der Waals surface area contributed by atoms with Crippen molar-refractivity contribution in [2.75, 3.05) is 19.5 Å². The molecule has 244 valence electrons. The van der Waals surface area contributed by atoms with Gasteiger partial charge in [-0.3, -0.25) is 9.32 Å². The van der Waals surface area contributed by atoms with Crippen LogP contribution < -0.4 is 15.6 Å². The fourth-order valence-electron chi connectivity index (χ4n) is 5.15. The van der Waals surface area contributed by atoms with Crippen LogP contribution in [-0.4, -0.2) is 33.8 Å². The predicted molar refractivity (Wildman–Crippen MR) is 189 cm³/mol. The van der Waals surface area contributed by atoms with Crippen molar-refractivity contribution < 1.29 is 9.26 Å². The molecule has 47 heavy (non-hydrogen) atoms. The van der Waals surface area contributed by atoms with E-state index in [0.717, 1.165) is 45.6 Å². The highest BCUT2D eigenvalue weighted by Crippen LogP contribution is 2.31. The van der Waals surface area contributed by atoms with E-state index in [4.69, 9.17) is 14.2 Å². The number of hydrogen-bond acceptors (Lipinski definition) is 8. The molecule has 1 unspecified atom stereocenters. The highest BCUT2D eigenvalue weighted by Gasteiger charge is 2.19. The van der Waals surface area contributed by atoms with Crippen LogP contribution in [0, 0.1) is 17.2 Å². The molecule has 0 amide bonds. The second-order valence-corrected chi connectivity index (χ2v) is 10.4. The van der Waals surface area contributed by atoms with Gasteiger partial charge in [0.2, 0.25) is 11.8 Å². The first-order chi connectivity index (χ1) is 22.9. The van der Waals surface area contributed by atoms with E-state index in [1.54, 1.807) is 11.6 Å². The minimum Gasteiger partial charge on any atom is -0.452 e. The molecule has 5 rings (SSSR count). The highest BCUT2D eigenvalue weighted by atomic mass is 16.6. The molecule has 0 radical (unpaired) electrons. The quantitative estimate of drug-likeness (QED) is 0.145. The van der Waals surface area contributed by atoms with Crippen molar-refractivity contribution in [3.63, 3.8) is 0 Å². The number of nitriles is 1. The molecule has 0 bridgehead atoms. The van der Waals surface area contributed by atoms with E-state index in [2.05, 4.69) is 41.6 Å². The summed E-state index contributed by atoms with van der Waals surface area (Å²) in [6, 6.07) is 26.1. The Balaban J connectivity index is 0.00000144. The van der Waals surface area contributed by atoms with Crippen molar-refractivity contribution in [1.82, 2.24) is 19.7 Å². The Kier molecular flexibility index (Phi) is 13.7. The van der Waals surface area contributed by atoms with E-state index in [1.807, 2.05) is 93.6 Å². The van der Waals surface area contributed by atoms with Gasteiger partial charge >= 0.3 is 6.08 Å². The summed E-state index contributed by atoms with van der Waals surface area (Å²) in [7, 11) is 3.26. The van der Waals surface area contributed by atoms with Crippen molar-refractivity contribution >= 4 is 5.95 Å². The summed E-state index contributed by atoms with van der Waals surface area (Å²) in [6.45, 7) is 14.0. The molecule has 0 saturated carbocycles. The molecule has 0 spiro atoms. The second-order valence-electron chi connectivity index (χ2n) is 10.4. The van der Waals surface area contributed by atoms with Gasteiger partial charge < -0.3 is 10.1 Å². The van der Waals surface area contributed by atoms with Crippen LogP contribution in [0.1, 0.15) is 56.5 Å². The van der Waals surface area contributed by atoms with Crippen molar-refractivity contribution in [3.05, 3.63) is 119 Å². The van der Waals surface area contributed by atoms with Crippen LogP contribution in [0.25, 0.3) is 28.2 Å². The van der Waals surface area contributed by atoms with Crippen molar-refractivity contribution in [2.24, 2.45) is 5.92 Å². The summed E-state index contributed by atoms with van der Waals surface area (Å²) in [6.07, 6.45) is 2.79. The van der Waals surface area contributed by atoms with E-state index in [1.165, 1.54) is 7.11 Å². The number of anilines is 1. The number of hydrogen-bond donors (Lipinski definition) is 1. The zero-order valence-electron chi connectivity index (χ0n) is 28.2. The Morgan fingerprint density at radius 2 is 1.62 bits per heavy atom. The summed E-state index contributed by atoms with van der Waals surface area (Å²) < 4.78 is 11.8. The lowest BCUT2D eigenvalue weighted by molar-refractivity contribution is 0.250. The second kappa shape index (κ2) is 17.9. The largest absolute Gasteiger partial charge is 0.452 e. The van der Waals surface area contributed by atoms with Crippen molar-refractivity contribution in [3.8, 4) is 40.3 Å². The molecular formula is C38H44N6O3. The van der Waals surface area contributed by atoms with E-state index in [-0.39, 0.29) is 17.6 Å². The van der Waals surface area contributed by atoms with Gasteiger partial charge in [0.25, 0.3) is 5.56 Å². The van der Waals surface area contributed by atoms with Gasteiger partial charge in [-0.25, -0.2) is 9.55 Å². The third-order valence-electron chi connectivity index (χ3n) is 7.33. The topological polar surface area (TPSA) is 119 Å². The van der Waals surface area contributed by atoms with Crippen LogP contribution in [0.4, 0.5) is 5.95 Å². The lowest BCUT2D eigenvalue weighted by Gasteiger charge is -2.17. The van der Waals surface area contributed by atoms with Gasteiger partial charge in [-0.1, -0.05) is 93.0 Å². The van der Waals surface area contributed by atoms with Gasteiger partial charge in [-0.05, 0) is 54.2 Å². The van der Waals surface area contributed by atoms with Gasteiger partial charge in [-0.2, -0.15) is 10.2 Å². The summed E-state index contributed by atoms with van der Waals surface area (Å²) in [5, 5.41) is 16.3. The molecule has 0 aliphatic heterocycles. The standard InChI is InChI=1S/C34H34N6O3.C2H6.C2H4/c1-5-8-30-29(32(41)40(33(36-3)37-30)26-17-13-23(14-18-26)19-22(2)21-35)20-24-11-15-25(16-12-24)27-9-6-7-10-28(27)31-38-34(42-4)43-39-31;2*1-2/h6-7,9-18,22H,5,8,19-20H2,1-4H3,(H,36,37);1-2H3;1-2H2. The van der Waals surface area contributed by atoms with Crippen molar-refractivity contribution in [2.45, 2.75) is 53.4 Å². The maximum Gasteiger partial charge on any atom is 0.417 e. The Bertz CT molecular complexity index is 1820. The molecule has 2 aromatic heterocycles. The Labute approximate surface area is 277 Å². The van der Waals surface area contributed by atoms with Crippen LogP contribution >= 0.6 is 0 Å². The van der Waals surface area contributed by atoms with Gasteiger partial charge in [0.15, 0.2) is 0 Å². The fourth-order valence-corrected chi connectivity index (χ4v) is 5.15. The molecule has 1 N–H and O–H groups in total. The van der Waals surface area contributed by atoms with E-state index in [0.29, 0.717) is 36.6 Å². The molecule has 9 nitrogen and oxygen atoms in total. The maximum atomic E-state index is 14.1. The van der Waals surface area contributed by atoms with Crippen LogP contribution in [0.5, 0.6) is 6.08 Å². The zero-order chi connectivity index (χ0) is 34.3. The number of aromatic nitrogens is 4. The molecule has 0 fully saturated rings. The van der Waals surface area contributed by atoms with E-state index < -0.39 is 0 Å². The smallest absolute Gasteiger partial charge is 0.417 e. The molecule has 0 saturated heterocycles. The first-order valence-corrected chi connectivity index (χ1v) is 15.8. The average Bonchev–Trinajstić information content (AvgIpc) is 3.62. The Hall–Kier alpha value is -5.49. The number of ether oxygens (including phenoxy) is 1. The number of nitrogens with zero attached hydrogens (tertiary/aromatic N) is 5. The maximum absolute atomic E-state index is 14.1. The lowest BCUT2D eigenvalue weighted by atomic mass is 9.96. The summed E-state index contributed by atoms with van der Waals surface area (Å²) >= 11 is 0. The van der Waals surface area contributed by atoms with Crippen LogP contribution in [0.3, 0.4) is 0 Å². The van der Waals surface area contributed by atoms with Crippen LogP contribution in [0.15, 0.2) is 95.3 Å². The monoisotopic (exact) mass is 632 g/mol. The first kappa shape index (κ1) is 36.0. The van der Waals surface area contributed by atoms with Gasteiger partial charge in [-0.15, -0.1) is 13.2 Å². The molecule has 1 atom stereocenters. The molecule has 0 aliphatic carbocycles. The molecule has 0 aliphatic rings. The number of aryl methyl sites for hydroxylation is 1. The molecular weight excluding hydrogens is 588 g/mol. The van der Waals surface area contributed by atoms with Crippen LogP contribution in [-0.2, 0) is 19.3 Å². The minimum atomic E-state index is -0.0959. The minimum absolute atomic E-state index is 0.0783. The fraction of sp³-hybridized carbons (Fsp3) is 0.289. The van der Waals surface area contributed by atoms with Crippen LogP contribution in [0.2, 0.25) is 0 Å². The highest BCUT2D eigenvalue weighted by molar-refractivity contribution is 5.80. The normalized spacial score (nSPS) is 10.8. The number of nitrogens with one attached hydrogen (secondary N) is 1. The Morgan fingerprint density at radius 3 is 2.19 bits per heavy atom. The van der Waals surface area contributed by atoms with E-state index in [9.17, 15) is 10.1 Å². The summed E-state index contributed by atoms with van der Waals surface area (Å²) in [5.74, 6) is 0.871. The number of methoxy groups -OCH3 is 1. The SMILES string of the molecule is C=C.CC.CCCc1nc(NC)n(-c2ccc(CC(C)C#N)cc2)c(=O)c1Cc1ccc(-c2ccccc2-c2noc(OC)n2)cc1. The summed E-state index contributed by atoms with van der Waals surface area (Å²) in [4.78, 5) is 23.3. The van der Waals surface area contributed by atoms with E-state index >= 15 is 0 Å². The molecule has 9 heteroatoms. The molecule has 2 heterocycles. The third kappa shape index (κ3) is 8.61. The lowest BCUT2D eigenvalue weighted by Crippen LogP contribution is -2.28. The van der Waals surface area contributed by atoms with Gasteiger partial charge in [0, 0.05) is 30.5 Å². The molecule has 3 aromatic carbocycles.